The first-order valence-electron chi connectivity index (χ1n) is 8.50. The Morgan fingerprint density at radius 2 is 1.57 bits per heavy atom. The first-order chi connectivity index (χ1) is 13.4. The molecule has 7 nitrogen and oxygen atoms in total. The van der Waals surface area contributed by atoms with Crippen molar-refractivity contribution in [3.05, 3.63) is 71.9 Å². The van der Waals surface area contributed by atoms with Gasteiger partial charge in [0.15, 0.2) is 0 Å². The number of methoxy groups -OCH3 is 1. The minimum absolute atomic E-state index is 0.119. The summed E-state index contributed by atoms with van der Waals surface area (Å²) in [6.07, 6.45) is 1.52. The molecule has 0 radical (unpaired) electrons. The molecule has 0 bridgehead atoms. The maximum atomic E-state index is 12.4. The number of aromatic nitrogens is 1. The molecule has 0 fully saturated rings. The molecule has 0 amide bonds. The van der Waals surface area contributed by atoms with Crippen molar-refractivity contribution in [2.75, 3.05) is 11.8 Å². The van der Waals surface area contributed by atoms with Crippen molar-refractivity contribution in [3.8, 4) is 5.75 Å². The number of ether oxygens (including phenoxy) is 1. The van der Waals surface area contributed by atoms with E-state index in [0.717, 1.165) is 16.9 Å². The number of benzene rings is 2. The fourth-order valence-corrected chi connectivity index (χ4v) is 3.74. The lowest BCUT2D eigenvalue weighted by molar-refractivity contribution is 0.408. The second-order valence-corrected chi connectivity index (χ2v) is 7.81. The van der Waals surface area contributed by atoms with Crippen molar-refractivity contribution >= 4 is 27.2 Å². The lowest BCUT2D eigenvalue weighted by atomic mass is 10.1. The predicted octanol–water partition coefficient (Wildman–Crippen LogP) is 4.92. The third kappa shape index (κ3) is 4.52. The van der Waals surface area contributed by atoms with Crippen LogP contribution in [0.4, 0.5) is 17.2 Å². The topological polar surface area (TPSA) is 93.0 Å². The van der Waals surface area contributed by atoms with Crippen molar-refractivity contribution < 1.29 is 13.2 Å². The largest absolute Gasteiger partial charge is 0.496 e. The van der Waals surface area contributed by atoms with Crippen LogP contribution in [-0.2, 0) is 10.0 Å². The standard InChI is InChI=1S/C20H20N4O3S/c1-14-12-17(13-15(2)20(14)27-3)23-22-16-7-9-18(10-8-16)28(25,26)24-19-6-4-5-11-21-19/h4-13H,1-3H3,(H,21,24). The fraction of sp³-hybridized carbons (Fsp3) is 0.150. The highest BCUT2D eigenvalue weighted by molar-refractivity contribution is 7.92. The quantitative estimate of drug-likeness (QED) is 0.598. The van der Waals surface area contributed by atoms with Crippen LogP contribution in [0.1, 0.15) is 11.1 Å². The smallest absolute Gasteiger partial charge is 0.263 e. The molecule has 1 aromatic heterocycles. The second-order valence-electron chi connectivity index (χ2n) is 6.13. The lowest BCUT2D eigenvalue weighted by Gasteiger charge is -2.08. The van der Waals surface area contributed by atoms with Crippen LogP contribution in [0.5, 0.6) is 5.75 Å². The summed E-state index contributed by atoms with van der Waals surface area (Å²) >= 11 is 0. The van der Waals surface area contributed by atoms with Crippen LogP contribution >= 0.6 is 0 Å². The van der Waals surface area contributed by atoms with Gasteiger partial charge in [-0.1, -0.05) is 6.07 Å². The van der Waals surface area contributed by atoms with Gasteiger partial charge in [-0.15, -0.1) is 0 Å². The van der Waals surface area contributed by atoms with Crippen molar-refractivity contribution in [1.29, 1.82) is 0 Å². The van der Waals surface area contributed by atoms with Gasteiger partial charge >= 0.3 is 0 Å². The third-order valence-corrected chi connectivity index (χ3v) is 5.35. The first-order valence-corrected chi connectivity index (χ1v) is 9.98. The van der Waals surface area contributed by atoms with E-state index >= 15 is 0 Å². The van der Waals surface area contributed by atoms with Crippen molar-refractivity contribution in [2.45, 2.75) is 18.7 Å². The lowest BCUT2D eigenvalue weighted by Crippen LogP contribution is -2.13. The van der Waals surface area contributed by atoms with Crippen molar-refractivity contribution in [3.63, 3.8) is 0 Å². The molecule has 144 valence electrons. The number of nitrogens with one attached hydrogen (secondary N) is 1. The zero-order valence-electron chi connectivity index (χ0n) is 15.7. The Bertz CT molecular complexity index is 1070. The van der Waals surface area contributed by atoms with E-state index in [2.05, 4.69) is 19.9 Å². The molecule has 1 heterocycles. The molecule has 0 aliphatic heterocycles. The van der Waals surface area contributed by atoms with Crippen LogP contribution in [0.2, 0.25) is 0 Å². The van der Waals surface area contributed by atoms with Gasteiger partial charge in [0.2, 0.25) is 0 Å². The highest BCUT2D eigenvalue weighted by atomic mass is 32.2. The molecule has 0 unspecified atom stereocenters. The molecule has 0 aliphatic carbocycles. The van der Waals surface area contributed by atoms with E-state index in [0.29, 0.717) is 11.4 Å². The van der Waals surface area contributed by atoms with Gasteiger partial charge in [0, 0.05) is 6.20 Å². The zero-order chi connectivity index (χ0) is 20.1. The normalized spacial score (nSPS) is 11.5. The first kappa shape index (κ1) is 19.5. The van der Waals surface area contributed by atoms with Gasteiger partial charge in [-0.25, -0.2) is 13.4 Å². The monoisotopic (exact) mass is 396 g/mol. The summed E-state index contributed by atoms with van der Waals surface area (Å²) < 4.78 is 32.6. The van der Waals surface area contributed by atoms with Crippen LogP contribution in [0, 0.1) is 13.8 Å². The highest BCUT2D eigenvalue weighted by Crippen LogP contribution is 2.29. The molecule has 2 aromatic carbocycles. The SMILES string of the molecule is COc1c(C)cc(N=Nc2ccc(S(=O)(=O)Nc3ccccn3)cc2)cc1C. The van der Waals surface area contributed by atoms with Crippen molar-refractivity contribution in [1.82, 2.24) is 4.98 Å². The Balaban J connectivity index is 1.77. The number of sulfonamides is 1. The highest BCUT2D eigenvalue weighted by Gasteiger charge is 2.14. The maximum absolute atomic E-state index is 12.4. The third-order valence-electron chi connectivity index (χ3n) is 3.98. The average molecular weight is 396 g/mol. The summed E-state index contributed by atoms with van der Waals surface area (Å²) in [5.74, 6) is 1.09. The van der Waals surface area contributed by atoms with Gasteiger partial charge in [-0.05, 0) is 73.5 Å². The van der Waals surface area contributed by atoms with Crippen LogP contribution in [-0.4, -0.2) is 20.5 Å². The molecule has 0 aliphatic rings. The minimum Gasteiger partial charge on any atom is -0.496 e. The Labute approximate surface area is 164 Å². The van der Waals surface area contributed by atoms with Gasteiger partial charge in [-0.2, -0.15) is 10.2 Å². The molecule has 1 N–H and O–H groups in total. The Kier molecular flexibility index (Phi) is 5.70. The Hall–Kier alpha value is -3.26. The van der Waals surface area contributed by atoms with E-state index in [1.54, 1.807) is 37.4 Å². The summed E-state index contributed by atoms with van der Waals surface area (Å²) in [6, 6.07) is 14.9. The molecule has 0 saturated carbocycles. The van der Waals surface area contributed by atoms with Gasteiger partial charge in [-0.3, -0.25) is 4.72 Å². The predicted molar refractivity (Wildman–Crippen MR) is 108 cm³/mol. The summed E-state index contributed by atoms with van der Waals surface area (Å²) in [5.41, 5.74) is 3.18. The number of nitrogens with zero attached hydrogens (tertiary/aromatic N) is 3. The maximum Gasteiger partial charge on any atom is 0.263 e. The molecule has 3 aromatic rings. The van der Waals surface area contributed by atoms with Crippen molar-refractivity contribution in [2.24, 2.45) is 10.2 Å². The van der Waals surface area contributed by atoms with Gasteiger partial charge in [0.05, 0.1) is 23.4 Å². The van der Waals surface area contributed by atoms with Crippen LogP contribution < -0.4 is 9.46 Å². The molecule has 0 spiro atoms. The Morgan fingerprint density at radius 3 is 2.14 bits per heavy atom. The van der Waals surface area contributed by atoms with E-state index in [9.17, 15) is 8.42 Å². The van der Waals surface area contributed by atoms with Gasteiger partial charge in [0.25, 0.3) is 10.0 Å². The summed E-state index contributed by atoms with van der Waals surface area (Å²) in [6.45, 7) is 3.89. The number of rotatable bonds is 6. The molecule has 3 rings (SSSR count). The van der Waals surface area contributed by atoms with E-state index in [-0.39, 0.29) is 10.7 Å². The summed E-state index contributed by atoms with van der Waals surface area (Å²) in [4.78, 5) is 4.08. The number of pyridine rings is 1. The van der Waals surface area contributed by atoms with Crippen LogP contribution in [0.25, 0.3) is 0 Å². The number of hydrogen-bond donors (Lipinski definition) is 1. The number of hydrogen-bond acceptors (Lipinski definition) is 6. The average Bonchev–Trinajstić information content (AvgIpc) is 2.67. The Morgan fingerprint density at radius 1 is 0.929 bits per heavy atom. The number of azo groups is 1. The molecular weight excluding hydrogens is 376 g/mol. The second kappa shape index (κ2) is 8.18. The number of aryl methyl sites for hydroxylation is 2. The number of anilines is 1. The molecule has 28 heavy (non-hydrogen) atoms. The van der Waals surface area contributed by atoms with E-state index in [1.807, 2.05) is 26.0 Å². The van der Waals surface area contributed by atoms with E-state index in [1.165, 1.54) is 18.3 Å². The molecule has 8 heteroatoms. The fourth-order valence-electron chi connectivity index (χ4n) is 2.73. The van der Waals surface area contributed by atoms with E-state index < -0.39 is 10.0 Å². The van der Waals surface area contributed by atoms with Crippen LogP contribution in [0.3, 0.4) is 0 Å². The molecule has 0 atom stereocenters. The summed E-state index contributed by atoms with van der Waals surface area (Å²) in [5, 5.41) is 8.41. The molecule has 0 saturated heterocycles. The zero-order valence-corrected chi connectivity index (χ0v) is 16.6. The minimum atomic E-state index is -3.71. The summed E-state index contributed by atoms with van der Waals surface area (Å²) in [7, 11) is -2.08. The molecular formula is C20H20N4O3S. The van der Waals surface area contributed by atoms with E-state index in [4.69, 9.17) is 4.74 Å². The van der Waals surface area contributed by atoms with Gasteiger partial charge < -0.3 is 4.74 Å². The van der Waals surface area contributed by atoms with Crippen LogP contribution in [0.15, 0.2) is 75.9 Å². The van der Waals surface area contributed by atoms with Gasteiger partial charge in [0.1, 0.15) is 11.6 Å².